The van der Waals surface area contributed by atoms with E-state index < -0.39 is 10.0 Å². The van der Waals surface area contributed by atoms with Crippen molar-refractivity contribution in [2.45, 2.75) is 82.2 Å². The summed E-state index contributed by atoms with van der Waals surface area (Å²) in [6.07, 6.45) is 12.8. The quantitative estimate of drug-likeness (QED) is 0.586. The van der Waals surface area contributed by atoms with Crippen molar-refractivity contribution < 1.29 is 13.2 Å². The van der Waals surface area contributed by atoms with Crippen molar-refractivity contribution in [2.24, 2.45) is 0 Å². The van der Waals surface area contributed by atoms with Gasteiger partial charge in [-0.05, 0) is 49.5 Å². The van der Waals surface area contributed by atoms with Crippen LogP contribution in [0, 0.1) is 0 Å². The fourth-order valence-corrected chi connectivity index (χ4v) is 6.20. The van der Waals surface area contributed by atoms with Crippen LogP contribution in [0.5, 0.6) is 0 Å². The molecule has 0 bridgehead atoms. The maximum atomic E-state index is 13.0. The second-order valence-electron chi connectivity index (χ2n) is 8.11. The predicted molar refractivity (Wildman–Crippen MR) is 117 cm³/mol. The number of benzene rings is 1. The molecule has 1 aromatic rings. The molecule has 0 radical (unpaired) electrons. The molecule has 5 nitrogen and oxygen atoms in total. The third kappa shape index (κ3) is 5.10. The van der Waals surface area contributed by atoms with Gasteiger partial charge in [0, 0.05) is 31.2 Å². The lowest BCUT2D eigenvalue weighted by Gasteiger charge is -2.33. The zero-order valence-corrected chi connectivity index (χ0v) is 18.5. The Balaban J connectivity index is 1.72. The van der Waals surface area contributed by atoms with E-state index in [1.165, 1.54) is 30.0 Å². The molecule has 0 spiro atoms. The van der Waals surface area contributed by atoms with Gasteiger partial charge in [-0.2, -0.15) is 4.31 Å². The molecule has 0 atom stereocenters. The summed E-state index contributed by atoms with van der Waals surface area (Å²) < 4.78 is 26.7. The molecule has 0 aliphatic heterocycles. The SMILES string of the molecule is CCN(CC)S(=O)(=O)c1ccc(/C=C/C(=O)N(C2CCCC2)C2CCCC2)cc1. The lowest BCUT2D eigenvalue weighted by atomic mass is 10.1. The van der Waals surface area contributed by atoms with Crippen LogP contribution < -0.4 is 0 Å². The van der Waals surface area contributed by atoms with E-state index in [1.807, 2.05) is 19.9 Å². The topological polar surface area (TPSA) is 57.7 Å². The van der Waals surface area contributed by atoms with Crippen molar-refractivity contribution in [3.63, 3.8) is 0 Å². The zero-order valence-electron chi connectivity index (χ0n) is 17.7. The van der Waals surface area contributed by atoms with Gasteiger partial charge < -0.3 is 4.90 Å². The highest BCUT2D eigenvalue weighted by atomic mass is 32.2. The molecular formula is C23H34N2O3S. The fraction of sp³-hybridized carbons (Fsp3) is 0.609. The smallest absolute Gasteiger partial charge is 0.247 e. The molecule has 0 saturated heterocycles. The Morgan fingerprint density at radius 3 is 1.86 bits per heavy atom. The van der Waals surface area contributed by atoms with E-state index in [2.05, 4.69) is 4.90 Å². The van der Waals surface area contributed by atoms with Gasteiger partial charge in [0.25, 0.3) is 0 Å². The van der Waals surface area contributed by atoms with Gasteiger partial charge in [0.1, 0.15) is 0 Å². The molecule has 1 aromatic carbocycles. The van der Waals surface area contributed by atoms with Crippen LogP contribution in [-0.2, 0) is 14.8 Å². The Bertz CT molecular complexity index is 785. The van der Waals surface area contributed by atoms with E-state index in [0.717, 1.165) is 31.2 Å². The molecule has 3 rings (SSSR count). The van der Waals surface area contributed by atoms with E-state index in [-0.39, 0.29) is 5.91 Å². The van der Waals surface area contributed by atoms with E-state index >= 15 is 0 Å². The van der Waals surface area contributed by atoms with Crippen LogP contribution in [0.1, 0.15) is 70.8 Å². The van der Waals surface area contributed by atoms with E-state index in [1.54, 1.807) is 30.3 Å². The van der Waals surface area contributed by atoms with Crippen LogP contribution in [0.4, 0.5) is 0 Å². The van der Waals surface area contributed by atoms with Gasteiger partial charge in [-0.3, -0.25) is 4.79 Å². The lowest BCUT2D eigenvalue weighted by molar-refractivity contribution is -0.130. The summed E-state index contributed by atoms with van der Waals surface area (Å²) in [7, 11) is -3.45. The average molecular weight is 419 g/mol. The Hall–Kier alpha value is -1.66. The van der Waals surface area contributed by atoms with Crippen LogP contribution >= 0.6 is 0 Å². The summed E-state index contributed by atoms with van der Waals surface area (Å²) in [5, 5.41) is 0. The Morgan fingerprint density at radius 1 is 0.931 bits per heavy atom. The first-order valence-electron chi connectivity index (χ1n) is 11.1. The summed E-state index contributed by atoms with van der Waals surface area (Å²) >= 11 is 0. The van der Waals surface area contributed by atoms with E-state index in [0.29, 0.717) is 30.1 Å². The summed E-state index contributed by atoms with van der Waals surface area (Å²) in [4.78, 5) is 15.5. The number of hydrogen-bond donors (Lipinski definition) is 0. The van der Waals surface area contributed by atoms with Gasteiger partial charge >= 0.3 is 0 Å². The number of nitrogens with zero attached hydrogens (tertiary/aromatic N) is 2. The molecule has 29 heavy (non-hydrogen) atoms. The number of hydrogen-bond acceptors (Lipinski definition) is 3. The summed E-state index contributed by atoms with van der Waals surface area (Å²) in [6.45, 7) is 4.58. The fourth-order valence-electron chi connectivity index (χ4n) is 4.74. The molecule has 0 N–H and O–H groups in total. The van der Waals surface area contributed by atoms with Gasteiger partial charge in [0.2, 0.25) is 15.9 Å². The standard InChI is InChI=1S/C23H34N2O3S/c1-3-24(4-2)29(27,28)22-16-13-19(14-17-22)15-18-23(26)25(20-9-5-6-10-20)21-11-7-8-12-21/h13-18,20-21H,3-12H2,1-2H3/b18-15+. The molecule has 2 fully saturated rings. The molecule has 0 unspecified atom stereocenters. The molecule has 6 heteroatoms. The van der Waals surface area contributed by atoms with Crippen LogP contribution in [0.2, 0.25) is 0 Å². The molecule has 2 aliphatic rings. The van der Waals surface area contributed by atoms with Crippen molar-refractivity contribution in [1.82, 2.24) is 9.21 Å². The largest absolute Gasteiger partial charge is 0.333 e. The monoisotopic (exact) mass is 418 g/mol. The first kappa shape index (κ1) is 22.0. The first-order valence-corrected chi connectivity index (χ1v) is 12.5. The minimum absolute atomic E-state index is 0.101. The number of carbonyl (C=O) groups is 1. The van der Waals surface area contributed by atoms with Crippen molar-refractivity contribution in [1.29, 1.82) is 0 Å². The predicted octanol–water partition coefficient (Wildman–Crippen LogP) is 4.44. The minimum atomic E-state index is -3.45. The Morgan fingerprint density at radius 2 is 1.41 bits per heavy atom. The highest BCUT2D eigenvalue weighted by molar-refractivity contribution is 7.89. The number of sulfonamides is 1. The molecule has 2 saturated carbocycles. The maximum Gasteiger partial charge on any atom is 0.247 e. The molecule has 0 heterocycles. The van der Waals surface area contributed by atoms with Gasteiger partial charge in [-0.25, -0.2) is 8.42 Å². The van der Waals surface area contributed by atoms with Crippen LogP contribution in [0.3, 0.4) is 0 Å². The van der Waals surface area contributed by atoms with Gasteiger partial charge in [-0.15, -0.1) is 0 Å². The second kappa shape index (κ2) is 9.90. The third-order valence-electron chi connectivity index (χ3n) is 6.33. The lowest BCUT2D eigenvalue weighted by Crippen LogP contribution is -2.44. The average Bonchev–Trinajstić information content (AvgIpc) is 3.43. The molecule has 1 amide bonds. The van der Waals surface area contributed by atoms with Crippen molar-refractivity contribution >= 4 is 22.0 Å². The van der Waals surface area contributed by atoms with E-state index in [4.69, 9.17) is 0 Å². The third-order valence-corrected chi connectivity index (χ3v) is 8.40. The molecule has 0 aromatic heterocycles. The first-order chi connectivity index (χ1) is 14.0. The van der Waals surface area contributed by atoms with Crippen molar-refractivity contribution in [3.8, 4) is 0 Å². The number of carbonyl (C=O) groups excluding carboxylic acids is 1. The van der Waals surface area contributed by atoms with Gasteiger partial charge in [-0.1, -0.05) is 51.7 Å². The summed E-state index contributed by atoms with van der Waals surface area (Å²) in [5.41, 5.74) is 0.842. The van der Waals surface area contributed by atoms with Gasteiger partial charge in [0.15, 0.2) is 0 Å². The van der Waals surface area contributed by atoms with Crippen LogP contribution in [0.15, 0.2) is 35.2 Å². The highest BCUT2D eigenvalue weighted by Gasteiger charge is 2.32. The van der Waals surface area contributed by atoms with Crippen molar-refractivity contribution in [3.05, 3.63) is 35.9 Å². The molecule has 2 aliphatic carbocycles. The molecule has 160 valence electrons. The van der Waals surface area contributed by atoms with Crippen LogP contribution in [0.25, 0.3) is 6.08 Å². The minimum Gasteiger partial charge on any atom is -0.333 e. The zero-order chi connectivity index (χ0) is 20.9. The molecular weight excluding hydrogens is 384 g/mol. The summed E-state index contributed by atoms with van der Waals surface area (Å²) in [5.74, 6) is 0.101. The Kier molecular flexibility index (Phi) is 7.52. The normalized spacial score (nSPS) is 18.9. The maximum absolute atomic E-state index is 13.0. The number of amides is 1. The second-order valence-corrected chi connectivity index (χ2v) is 10.1. The van der Waals surface area contributed by atoms with Crippen LogP contribution in [-0.4, -0.2) is 48.7 Å². The Labute approximate surface area is 175 Å². The van der Waals surface area contributed by atoms with Crippen molar-refractivity contribution in [2.75, 3.05) is 13.1 Å². The number of rotatable bonds is 8. The highest BCUT2D eigenvalue weighted by Crippen LogP contribution is 2.32. The van der Waals surface area contributed by atoms with E-state index in [9.17, 15) is 13.2 Å². The van der Waals surface area contributed by atoms with Gasteiger partial charge in [0.05, 0.1) is 4.90 Å². The summed E-state index contributed by atoms with van der Waals surface area (Å²) in [6, 6.07) is 7.58.